The molecule has 0 aromatic heterocycles. The fraction of sp³-hybridized carbons (Fsp3) is 0.294. The van der Waals surface area contributed by atoms with Gasteiger partial charge in [0.1, 0.15) is 10.5 Å². The number of rotatable bonds is 6. The fourth-order valence-corrected chi connectivity index (χ4v) is 3.11. The monoisotopic (exact) mass is 270 g/mol. The molecule has 0 aliphatic carbocycles. The molecule has 0 amide bonds. The molecule has 2 rings (SSSR count). The van der Waals surface area contributed by atoms with Crippen molar-refractivity contribution in [3.8, 4) is 0 Å². The van der Waals surface area contributed by atoms with Gasteiger partial charge >= 0.3 is 0 Å². The van der Waals surface area contributed by atoms with Crippen LogP contribution in [-0.2, 0) is 17.3 Å². The fourth-order valence-electron chi connectivity index (χ4n) is 2.54. The van der Waals surface area contributed by atoms with Crippen LogP contribution in [0.2, 0.25) is 0 Å². The van der Waals surface area contributed by atoms with Gasteiger partial charge in [0.05, 0.1) is 5.60 Å². The van der Waals surface area contributed by atoms with Gasteiger partial charge in [-0.05, 0) is 17.5 Å². The lowest BCUT2D eigenvalue weighted by Crippen LogP contribution is -2.36. The zero-order valence-electron chi connectivity index (χ0n) is 11.8. The van der Waals surface area contributed by atoms with Crippen LogP contribution in [0.15, 0.2) is 60.7 Å². The Morgan fingerprint density at radius 3 is 1.58 bits per heavy atom. The Labute approximate surface area is 119 Å². The zero-order chi connectivity index (χ0) is 13.6. The van der Waals surface area contributed by atoms with Crippen molar-refractivity contribution < 1.29 is 4.43 Å². The van der Waals surface area contributed by atoms with E-state index in [-0.39, 0.29) is 5.60 Å². The summed E-state index contributed by atoms with van der Waals surface area (Å²) in [5, 5.41) is 0. The van der Waals surface area contributed by atoms with E-state index in [1.807, 2.05) is 0 Å². The van der Waals surface area contributed by atoms with Gasteiger partial charge in [-0.3, -0.25) is 0 Å². The van der Waals surface area contributed by atoms with Crippen molar-refractivity contribution in [2.75, 3.05) is 0 Å². The second-order valence-corrected chi connectivity index (χ2v) is 5.47. The van der Waals surface area contributed by atoms with Gasteiger partial charge in [0, 0.05) is 12.8 Å². The minimum atomic E-state index is -0.0467. The average molecular weight is 270 g/mol. The van der Waals surface area contributed by atoms with E-state index < -0.39 is 0 Å². The van der Waals surface area contributed by atoms with E-state index in [9.17, 15) is 0 Å². The van der Waals surface area contributed by atoms with E-state index in [1.165, 1.54) is 11.1 Å². The summed E-state index contributed by atoms with van der Waals surface area (Å²) < 4.78 is 6.03. The van der Waals surface area contributed by atoms with E-state index in [0.717, 1.165) is 29.7 Å². The topological polar surface area (TPSA) is 9.23 Å². The van der Waals surface area contributed by atoms with Gasteiger partial charge in [-0.1, -0.05) is 67.6 Å². The van der Waals surface area contributed by atoms with Crippen LogP contribution < -0.4 is 0 Å². The molecule has 0 spiro atoms. The van der Waals surface area contributed by atoms with E-state index in [2.05, 4.69) is 67.6 Å². The average Bonchev–Trinajstić information content (AvgIpc) is 2.48. The molecular weight excluding hydrogens is 248 g/mol. The lowest BCUT2D eigenvalue weighted by Gasteiger charge is -2.32. The van der Waals surface area contributed by atoms with E-state index >= 15 is 0 Å². The molecular formula is C17H22OSi. The Kier molecular flexibility index (Phi) is 4.94. The predicted molar refractivity (Wildman–Crippen MR) is 84.3 cm³/mol. The lowest BCUT2D eigenvalue weighted by atomic mass is 9.86. The van der Waals surface area contributed by atoms with E-state index in [4.69, 9.17) is 4.43 Å². The van der Waals surface area contributed by atoms with Crippen molar-refractivity contribution in [3.63, 3.8) is 0 Å². The molecule has 0 atom stereocenters. The molecule has 0 saturated heterocycles. The summed E-state index contributed by atoms with van der Waals surface area (Å²) in [6.07, 6.45) is 3.02. The summed E-state index contributed by atoms with van der Waals surface area (Å²) in [6.45, 7) is 2.23. The van der Waals surface area contributed by atoms with Gasteiger partial charge in [-0.25, -0.2) is 0 Å². The highest BCUT2D eigenvalue weighted by Gasteiger charge is 2.27. The van der Waals surface area contributed by atoms with Crippen LogP contribution in [0.1, 0.15) is 24.5 Å². The number of benzene rings is 2. The molecule has 100 valence electrons. The first-order valence-corrected chi connectivity index (χ1v) is 7.73. The molecule has 1 nitrogen and oxygen atoms in total. The summed E-state index contributed by atoms with van der Waals surface area (Å²) in [5.74, 6) is 0. The molecule has 0 saturated carbocycles. The third-order valence-electron chi connectivity index (χ3n) is 3.82. The molecule has 2 aromatic rings. The van der Waals surface area contributed by atoms with Crippen LogP contribution in [0.25, 0.3) is 0 Å². The Morgan fingerprint density at radius 2 is 1.26 bits per heavy atom. The molecule has 19 heavy (non-hydrogen) atoms. The van der Waals surface area contributed by atoms with Crippen molar-refractivity contribution in [1.29, 1.82) is 0 Å². The van der Waals surface area contributed by atoms with Gasteiger partial charge in [0.15, 0.2) is 0 Å². The maximum Gasteiger partial charge on any atom is 0.146 e. The predicted octanol–water partition coefficient (Wildman–Crippen LogP) is 2.92. The normalized spacial score (nSPS) is 11.6. The molecule has 0 unspecified atom stereocenters. The maximum atomic E-state index is 6.03. The molecule has 0 aliphatic rings. The molecule has 0 heterocycles. The highest BCUT2D eigenvalue weighted by atomic mass is 28.2. The molecule has 2 aromatic carbocycles. The van der Waals surface area contributed by atoms with Crippen LogP contribution in [0.5, 0.6) is 0 Å². The highest BCUT2D eigenvalue weighted by Crippen LogP contribution is 2.25. The van der Waals surface area contributed by atoms with Gasteiger partial charge in [-0.2, -0.15) is 0 Å². The number of hydrogen-bond acceptors (Lipinski definition) is 1. The van der Waals surface area contributed by atoms with Crippen molar-refractivity contribution in [2.45, 2.75) is 31.8 Å². The molecule has 0 bridgehead atoms. The van der Waals surface area contributed by atoms with Crippen molar-refractivity contribution in [2.24, 2.45) is 0 Å². The SMILES string of the molecule is CCC(Cc1ccccc1)(Cc1ccccc1)O[SiH3]. The maximum absolute atomic E-state index is 6.03. The highest BCUT2D eigenvalue weighted by molar-refractivity contribution is 5.98. The van der Waals surface area contributed by atoms with Gasteiger partial charge < -0.3 is 4.43 Å². The van der Waals surface area contributed by atoms with E-state index in [0.29, 0.717) is 0 Å². The summed E-state index contributed by atoms with van der Waals surface area (Å²) >= 11 is 0. The largest absolute Gasteiger partial charge is 0.422 e. The van der Waals surface area contributed by atoms with Crippen molar-refractivity contribution in [1.82, 2.24) is 0 Å². The summed E-state index contributed by atoms with van der Waals surface area (Å²) in [4.78, 5) is 0. The second kappa shape index (κ2) is 6.69. The van der Waals surface area contributed by atoms with Crippen LogP contribution in [-0.4, -0.2) is 16.1 Å². The number of hydrogen-bond donors (Lipinski definition) is 0. The quantitative estimate of drug-likeness (QED) is 0.733. The second-order valence-electron chi connectivity index (χ2n) is 5.07. The summed E-state index contributed by atoms with van der Waals surface area (Å²) in [5.41, 5.74) is 2.67. The Bertz CT molecular complexity index is 434. The van der Waals surface area contributed by atoms with Crippen LogP contribution in [0.4, 0.5) is 0 Å². The van der Waals surface area contributed by atoms with Gasteiger partial charge in [-0.15, -0.1) is 0 Å². The van der Waals surface area contributed by atoms with Gasteiger partial charge in [0.2, 0.25) is 0 Å². The third kappa shape index (κ3) is 3.79. The zero-order valence-corrected chi connectivity index (χ0v) is 13.8. The Hall–Kier alpha value is -1.38. The first-order chi connectivity index (χ1) is 9.28. The molecule has 0 fully saturated rings. The summed E-state index contributed by atoms with van der Waals surface area (Å²) in [7, 11) is 0.777. The Balaban J connectivity index is 2.18. The summed E-state index contributed by atoms with van der Waals surface area (Å²) in [6, 6.07) is 21.3. The Morgan fingerprint density at radius 1 is 0.842 bits per heavy atom. The standard InChI is InChI=1S/C17H22OSi/c1-2-17(18-19,13-15-9-5-3-6-10-15)14-16-11-7-4-8-12-16/h3-12H,2,13-14H2,1,19H3. The first-order valence-electron chi connectivity index (χ1n) is 6.91. The van der Waals surface area contributed by atoms with Crippen LogP contribution in [0.3, 0.4) is 0 Å². The smallest absolute Gasteiger partial charge is 0.146 e. The minimum Gasteiger partial charge on any atom is -0.422 e. The molecule has 0 radical (unpaired) electrons. The molecule has 0 aliphatic heterocycles. The van der Waals surface area contributed by atoms with Crippen molar-refractivity contribution >= 4 is 10.5 Å². The van der Waals surface area contributed by atoms with E-state index in [1.54, 1.807) is 0 Å². The van der Waals surface area contributed by atoms with Crippen LogP contribution in [0, 0.1) is 0 Å². The van der Waals surface area contributed by atoms with Gasteiger partial charge in [0.25, 0.3) is 0 Å². The third-order valence-corrected chi connectivity index (χ3v) is 4.68. The van der Waals surface area contributed by atoms with Crippen LogP contribution >= 0.6 is 0 Å². The molecule has 0 N–H and O–H groups in total. The molecule has 2 heteroatoms. The lowest BCUT2D eigenvalue weighted by molar-refractivity contribution is 0.0760. The first kappa shape index (κ1) is 14.0. The van der Waals surface area contributed by atoms with Crippen molar-refractivity contribution in [3.05, 3.63) is 71.8 Å². The minimum absolute atomic E-state index is 0.0467.